The van der Waals surface area contributed by atoms with Gasteiger partial charge >= 0.3 is 11.9 Å². The number of carboxylic acid groups (broad SMARTS) is 2. The van der Waals surface area contributed by atoms with Crippen molar-refractivity contribution in [3.8, 4) is 0 Å². The van der Waals surface area contributed by atoms with Gasteiger partial charge in [0.15, 0.2) is 0 Å². The zero-order chi connectivity index (χ0) is 18.7. The van der Waals surface area contributed by atoms with Crippen molar-refractivity contribution < 1.29 is 29.4 Å². The molecule has 142 valence electrons. The molecule has 1 rings (SSSR count). The zero-order valence-corrected chi connectivity index (χ0v) is 14.7. The van der Waals surface area contributed by atoms with Crippen LogP contribution in [-0.4, -0.2) is 39.9 Å². The average Bonchev–Trinajstić information content (AvgIpc) is 2.53. The lowest BCUT2D eigenvalue weighted by Gasteiger charge is -2.19. The fourth-order valence-corrected chi connectivity index (χ4v) is 3.12. The van der Waals surface area contributed by atoms with E-state index in [9.17, 15) is 24.3 Å². The van der Waals surface area contributed by atoms with Gasteiger partial charge in [-0.2, -0.15) is 0 Å². The molecule has 0 saturated carbocycles. The average molecular weight is 355 g/mol. The molecule has 1 fully saturated rings. The Morgan fingerprint density at radius 2 is 1.48 bits per heavy atom. The van der Waals surface area contributed by atoms with Gasteiger partial charge in [0.05, 0.1) is 12.3 Å². The first kappa shape index (κ1) is 21.1. The molecule has 0 spiro atoms. The fourth-order valence-electron chi connectivity index (χ4n) is 3.12. The molecule has 7 nitrogen and oxygen atoms in total. The Morgan fingerprint density at radius 3 is 2.04 bits per heavy atom. The summed E-state index contributed by atoms with van der Waals surface area (Å²) < 4.78 is 0. The molecule has 1 aliphatic heterocycles. The molecule has 0 radical (unpaired) electrons. The molecule has 3 N–H and O–H groups in total. The van der Waals surface area contributed by atoms with Crippen LogP contribution in [0.4, 0.5) is 0 Å². The first-order valence-electron chi connectivity index (χ1n) is 9.17. The van der Waals surface area contributed by atoms with Crippen molar-refractivity contribution in [1.82, 2.24) is 5.32 Å². The van der Waals surface area contributed by atoms with Crippen LogP contribution in [0.25, 0.3) is 0 Å². The predicted octanol–water partition coefficient (Wildman–Crippen LogP) is 2.52. The Morgan fingerprint density at radius 1 is 0.920 bits per heavy atom. The minimum Gasteiger partial charge on any atom is -0.481 e. The molecule has 25 heavy (non-hydrogen) atoms. The Labute approximate surface area is 148 Å². The van der Waals surface area contributed by atoms with Crippen molar-refractivity contribution in [3.05, 3.63) is 0 Å². The Bertz CT molecular complexity index is 476. The van der Waals surface area contributed by atoms with Gasteiger partial charge in [-0.05, 0) is 12.8 Å². The molecule has 1 heterocycles. The van der Waals surface area contributed by atoms with E-state index in [2.05, 4.69) is 5.32 Å². The van der Waals surface area contributed by atoms with Crippen molar-refractivity contribution in [2.75, 3.05) is 0 Å². The van der Waals surface area contributed by atoms with Gasteiger partial charge in [-0.15, -0.1) is 0 Å². The maximum atomic E-state index is 12.3. The molecule has 1 aliphatic rings. The number of nitrogens with one attached hydrogen (secondary N) is 1. The summed E-state index contributed by atoms with van der Waals surface area (Å²) in [7, 11) is 0. The van der Waals surface area contributed by atoms with Crippen molar-refractivity contribution in [1.29, 1.82) is 0 Å². The highest BCUT2D eigenvalue weighted by molar-refractivity contribution is 5.91. The number of hydrogen-bond acceptors (Lipinski definition) is 4. The van der Waals surface area contributed by atoms with Gasteiger partial charge in [-0.1, -0.05) is 44.9 Å². The standard InChI is InChI=1S/C18H29NO6/c20-14-9-7-5-3-1-2-4-6-8-10-15(18(24)25)19-17(23)13(11-14)12-16(21)22/h13,15H,1-12H2,(H,19,23)(H,21,22)(H,24,25)/t13-,15-/m0/s1. The highest BCUT2D eigenvalue weighted by atomic mass is 16.4. The van der Waals surface area contributed by atoms with Crippen LogP contribution in [0.5, 0.6) is 0 Å². The molecule has 2 atom stereocenters. The minimum atomic E-state index is -1.17. The maximum Gasteiger partial charge on any atom is 0.326 e. The smallest absolute Gasteiger partial charge is 0.326 e. The number of ketones is 1. The first-order valence-corrected chi connectivity index (χ1v) is 9.17. The molecule has 0 aromatic rings. The summed E-state index contributed by atoms with van der Waals surface area (Å²) in [5.74, 6) is -4.11. The molecular weight excluding hydrogens is 326 g/mol. The van der Waals surface area contributed by atoms with Crippen molar-refractivity contribution in [2.45, 2.75) is 83.1 Å². The van der Waals surface area contributed by atoms with Gasteiger partial charge in [-0.3, -0.25) is 14.4 Å². The topological polar surface area (TPSA) is 121 Å². The molecule has 0 unspecified atom stereocenters. The van der Waals surface area contributed by atoms with E-state index in [4.69, 9.17) is 5.11 Å². The maximum absolute atomic E-state index is 12.3. The molecule has 7 heteroatoms. The fraction of sp³-hybridized carbons (Fsp3) is 0.778. The lowest BCUT2D eigenvalue weighted by atomic mass is 9.94. The molecular formula is C18H29NO6. The number of hydrogen-bond donors (Lipinski definition) is 3. The van der Waals surface area contributed by atoms with E-state index in [-0.39, 0.29) is 12.2 Å². The van der Waals surface area contributed by atoms with Gasteiger partial charge in [0.1, 0.15) is 11.8 Å². The van der Waals surface area contributed by atoms with Crippen LogP contribution in [0.1, 0.15) is 77.0 Å². The van der Waals surface area contributed by atoms with Crippen LogP contribution >= 0.6 is 0 Å². The van der Waals surface area contributed by atoms with Crippen LogP contribution in [0, 0.1) is 5.92 Å². The molecule has 1 saturated heterocycles. The predicted molar refractivity (Wildman–Crippen MR) is 91.1 cm³/mol. The zero-order valence-electron chi connectivity index (χ0n) is 14.7. The summed E-state index contributed by atoms with van der Waals surface area (Å²) in [6.45, 7) is 0. The number of carbonyl (C=O) groups excluding carboxylic acids is 2. The van der Waals surface area contributed by atoms with E-state index in [1.807, 2.05) is 0 Å². The second-order valence-electron chi connectivity index (χ2n) is 6.80. The summed E-state index contributed by atoms with van der Waals surface area (Å²) in [6, 6.07) is -1.04. The van der Waals surface area contributed by atoms with Crippen molar-refractivity contribution >= 4 is 23.6 Å². The van der Waals surface area contributed by atoms with Gasteiger partial charge < -0.3 is 15.5 Å². The molecule has 0 aromatic heterocycles. The number of carbonyl (C=O) groups is 4. The second kappa shape index (κ2) is 11.6. The highest BCUT2D eigenvalue weighted by Crippen LogP contribution is 2.17. The van der Waals surface area contributed by atoms with Crippen LogP contribution in [0.2, 0.25) is 0 Å². The van der Waals surface area contributed by atoms with E-state index >= 15 is 0 Å². The third-order valence-electron chi connectivity index (χ3n) is 4.58. The third kappa shape index (κ3) is 9.22. The monoisotopic (exact) mass is 355 g/mol. The van der Waals surface area contributed by atoms with Gasteiger partial charge in [0.2, 0.25) is 5.91 Å². The van der Waals surface area contributed by atoms with Gasteiger partial charge in [0.25, 0.3) is 0 Å². The summed E-state index contributed by atoms with van der Waals surface area (Å²) in [5.41, 5.74) is 0. The number of amides is 1. The normalized spacial score (nSPS) is 25.1. The largest absolute Gasteiger partial charge is 0.481 e. The number of Topliss-reactive ketones (excluding diaryl/α,β-unsaturated/α-hetero) is 1. The summed E-state index contributed by atoms with van der Waals surface area (Å²) in [5, 5.41) is 20.7. The lowest BCUT2D eigenvalue weighted by molar-refractivity contribution is -0.144. The van der Waals surface area contributed by atoms with Crippen LogP contribution < -0.4 is 5.32 Å². The Balaban J connectivity index is 2.78. The number of aliphatic carboxylic acids is 2. The highest BCUT2D eigenvalue weighted by Gasteiger charge is 2.28. The van der Waals surface area contributed by atoms with E-state index in [0.717, 1.165) is 44.9 Å². The van der Waals surface area contributed by atoms with Crippen molar-refractivity contribution in [2.24, 2.45) is 5.92 Å². The van der Waals surface area contributed by atoms with Crippen molar-refractivity contribution in [3.63, 3.8) is 0 Å². The second-order valence-corrected chi connectivity index (χ2v) is 6.80. The Kier molecular flexibility index (Phi) is 9.80. The minimum absolute atomic E-state index is 0.139. The number of rotatable bonds is 3. The van der Waals surface area contributed by atoms with Gasteiger partial charge in [0, 0.05) is 12.8 Å². The van der Waals surface area contributed by atoms with E-state index in [0.29, 0.717) is 19.3 Å². The molecule has 1 amide bonds. The lowest BCUT2D eigenvalue weighted by Crippen LogP contribution is -2.44. The SMILES string of the molecule is O=C(O)C[C@@H]1CC(=O)CCCCCCCCCC[C@@H](C(=O)O)NC1=O. The van der Waals surface area contributed by atoms with Crippen LogP contribution in [0.3, 0.4) is 0 Å². The van der Waals surface area contributed by atoms with E-state index in [1.165, 1.54) is 0 Å². The van der Waals surface area contributed by atoms with E-state index in [1.54, 1.807) is 0 Å². The third-order valence-corrected chi connectivity index (χ3v) is 4.58. The van der Waals surface area contributed by atoms with E-state index < -0.39 is 36.2 Å². The summed E-state index contributed by atoms with van der Waals surface area (Å²) >= 11 is 0. The molecule has 0 bridgehead atoms. The Hall–Kier alpha value is -1.92. The molecule has 0 aromatic carbocycles. The number of carboxylic acids is 2. The summed E-state index contributed by atoms with van der Waals surface area (Å²) in [6.07, 6.45) is 7.64. The van der Waals surface area contributed by atoms with Crippen LogP contribution in [-0.2, 0) is 19.2 Å². The van der Waals surface area contributed by atoms with Gasteiger partial charge in [-0.25, -0.2) is 4.79 Å². The first-order chi connectivity index (χ1) is 11.9. The quantitative estimate of drug-likeness (QED) is 0.715. The van der Waals surface area contributed by atoms with Crippen LogP contribution in [0.15, 0.2) is 0 Å². The molecule has 0 aliphatic carbocycles. The summed E-state index contributed by atoms with van der Waals surface area (Å²) in [4.78, 5) is 46.7.